The Labute approximate surface area is 257 Å². The first-order chi connectivity index (χ1) is 21.9. The highest BCUT2D eigenvalue weighted by Gasteiger charge is 2.39. The summed E-state index contributed by atoms with van der Waals surface area (Å²) in [7, 11) is 3.92. The Morgan fingerprint density at radius 3 is 2.37 bits per heavy atom. The van der Waals surface area contributed by atoms with Crippen molar-refractivity contribution in [3.63, 3.8) is 0 Å². The molecule has 0 aliphatic carbocycles. The van der Waals surface area contributed by atoms with E-state index in [1.54, 1.807) is 30.3 Å². The summed E-state index contributed by atoms with van der Waals surface area (Å²) < 4.78 is 43.0. The fourth-order valence-corrected chi connectivity index (χ4v) is 5.05. The summed E-state index contributed by atoms with van der Waals surface area (Å²) in [6.07, 6.45) is -5.04. The van der Waals surface area contributed by atoms with Crippen LogP contribution in [0.2, 0.25) is 0 Å². The number of fused-ring (bicyclic) bond motifs is 1. The monoisotopic (exact) mass is 630 g/mol. The molecule has 0 spiro atoms. The Kier molecular flexibility index (Phi) is 7.49. The number of hydrogen-bond donors (Lipinski definition) is 4. The molecule has 13 nitrogen and oxygen atoms in total. The molecular weight excluding hydrogens is 605 g/mol. The van der Waals surface area contributed by atoms with E-state index in [2.05, 4.69) is 25.6 Å². The zero-order chi connectivity index (χ0) is 32.7. The Hall–Kier alpha value is -6.03. The van der Waals surface area contributed by atoms with Gasteiger partial charge in [0.05, 0.1) is 5.69 Å². The highest BCUT2D eigenvalue weighted by atomic mass is 19.4. The van der Waals surface area contributed by atoms with Crippen molar-refractivity contribution in [2.75, 3.05) is 25.1 Å². The molecule has 3 aromatic heterocycles. The lowest BCUT2D eigenvalue weighted by atomic mass is 9.99. The summed E-state index contributed by atoms with van der Waals surface area (Å²) >= 11 is 0. The van der Waals surface area contributed by atoms with Crippen molar-refractivity contribution in [3.8, 4) is 28.2 Å². The fraction of sp³-hybridized carbons (Fsp3) is 0.133. The lowest BCUT2D eigenvalue weighted by molar-refractivity contribution is -0.140. The number of hydrogen-bond acceptors (Lipinski definition) is 8. The van der Waals surface area contributed by atoms with Gasteiger partial charge in [-0.05, 0) is 55.1 Å². The molecule has 0 unspecified atom stereocenters. The zero-order valence-corrected chi connectivity index (χ0v) is 24.3. The second-order valence-electron chi connectivity index (χ2n) is 10.6. The standard InChI is InChI=1S/C30H25F3N10O3/c1-41(2)15-18-6-3-4-9-21(18)16-10-12-19(13-11-16)35-28(45)42-26(44)23-22(36-29(42)46)24(30(31,32)33)40-43(23)20-8-5-7-17(14-20)25-37-27(34)39-38-25/h3-14H,15H2,1-2H3,(H,35,45)(H,36,46)(H3,34,37,38,39). The van der Waals surface area contributed by atoms with Crippen LogP contribution in [0.1, 0.15) is 11.3 Å². The lowest BCUT2D eigenvalue weighted by Gasteiger charge is -2.15. The molecule has 1 amide bonds. The smallest absolute Gasteiger partial charge is 0.368 e. The number of aromatic amines is 2. The molecule has 3 heterocycles. The van der Waals surface area contributed by atoms with Crippen LogP contribution in [-0.2, 0) is 12.7 Å². The van der Waals surface area contributed by atoms with Crippen LogP contribution in [0.3, 0.4) is 0 Å². The molecule has 0 saturated heterocycles. The van der Waals surface area contributed by atoms with Crippen LogP contribution >= 0.6 is 0 Å². The molecule has 0 aliphatic rings. The van der Waals surface area contributed by atoms with E-state index >= 15 is 0 Å². The molecule has 46 heavy (non-hydrogen) atoms. The van der Waals surface area contributed by atoms with Crippen molar-refractivity contribution in [2.45, 2.75) is 12.7 Å². The molecule has 0 fully saturated rings. The first-order valence-corrected chi connectivity index (χ1v) is 13.7. The highest BCUT2D eigenvalue weighted by molar-refractivity contribution is 5.93. The number of benzene rings is 3. The molecule has 16 heteroatoms. The maximum absolute atomic E-state index is 14.0. The average molecular weight is 631 g/mol. The van der Waals surface area contributed by atoms with E-state index in [1.165, 1.54) is 18.2 Å². The van der Waals surface area contributed by atoms with E-state index in [0.29, 0.717) is 16.8 Å². The van der Waals surface area contributed by atoms with E-state index in [-0.39, 0.29) is 27.7 Å². The van der Waals surface area contributed by atoms with E-state index < -0.39 is 40.2 Å². The number of carbonyl (C=O) groups is 1. The van der Waals surface area contributed by atoms with Gasteiger partial charge in [-0.1, -0.05) is 48.5 Å². The number of halogens is 3. The average Bonchev–Trinajstić information content (AvgIpc) is 3.62. The number of nitrogens with zero attached hydrogens (tertiary/aromatic N) is 6. The van der Waals surface area contributed by atoms with Crippen LogP contribution < -0.4 is 22.3 Å². The minimum absolute atomic E-state index is 0.00853. The molecule has 6 rings (SSSR count). The number of aromatic nitrogens is 7. The van der Waals surface area contributed by atoms with Gasteiger partial charge in [-0.25, -0.2) is 14.3 Å². The summed E-state index contributed by atoms with van der Waals surface area (Å²) in [5, 5.41) is 13.6. The summed E-state index contributed by atoms with van der Waals surface area (Å²) in [4.78, 5) is 46.6. The van der Waals surface area contributed by atoms with Crippen LogP contribution in [0.4, 0.5) is 29.6 Å². The third-order valence-corrected chi connectivity index (χ3v) is 7.02. The number of nitrogens with one attached hydrogen (secondary N) is 3. The number of amides is 1. The van der Waals surface area contributed by atoms with Gasteiger partial charge in [-0.2, -0.15) is 22.8 Å². The zero-order valence-electron chi connectivity index (χ0n) is 24.3. The van der Waals surface area contributed by atoms with Crippen molar-refractivity contribution in [1.29, 1.82) is 0 Å². The van der Waals surface area contributed by atoms with Gasteiger partial charge in [0.1, 0.15) is 5.52 Å². The van der Waals surface area contributed by atoms with Crippen molar-refractivity contribution >= 4 is 28.7 Å². The maximum atomic E-state index is 14.0. The van der Waals surface area contributed by atoms with Crippen LogP contribution in [0.25, 0.3) is 39.2 Å². The molecule has 0 saturated carbocycles. The lowest BCUT2D eigenvalue weighted by Crippen LogP contribution is -2.42. The number of anilines is 2. The first-order valence-electron chi connectivity index (χ1n) is 13.7. The minimum atomic E-state index is -5.04. The van der Waals surface area contributed by atoms with Crippen LogP contribution in [0, 0.1) is 0 Å². The van der Waals surface area contributed by atoms with Gasteiger partial charge in [-0.3, -0.25) is 4.79 Å². The Bertz CT molecular complexity index is 2210. The largest absolute Gasteiger partial charge is 0.437 e. The van der Waals surface area contributed by atoms with Crippen molar-refractivity contribution < 1.29 is 18.0 Å². The molecule has 0 aliphatic heterocycles. The van der Waals surface area contributed by atoms with Crippen molar-refractivity contribution in [2.24, 2.45) is 0 Å². The Balaban J connectivity index is 1.39. The number of H-pyrrole nitrogens is 2. The van der Waals surface area contributed by atoms with Gasteiger partial charge in [0.2, 0.25) is 5.95 Å². The third-order valence-electron chi connectivity index (χ3n) is 7.02. The molecular formula is C30H25F3N10O3. The highest BCUT2D eigenvalue weighted by Crippen LogP contribution is 2.33. The molecule has 0 radical (unpaired) electrons. The van der Waals surface area contributed by atoms with Gasteiger partial charge in [0.15, 0.2) is 17.0 Å². The van der Waals surface area contributed by atoms with E-state index in [1.807, 2.05) is 48.2 Å². The van der Waals surface area contributed by atoms with Gasteiger partial charge < -0.3 is 25.9 Å². The Morgan fingerprint density at radius 1 is 0.957 bits per heavy atom. The fourth-order valence-electron chi connectivity index (χ4n) is 5.05. The number of alkyl halides is 3. The van der Waals surface area contributed by atoms with Crippen molar-refractivity contribution in [1.82, 2.24) is 39.4 Å². The second-order valence-corrected chi connectivity index (χ2v) is 10.6. The Morgan fingerprint density at radius 2 is 1.70 bits per heavy atom. The minimum Gasteiger partial charge on any atom is -0.368 e. The second kappa shape index (κ2) is 11.5. The molecule has 0 atom stereocenters. The topological polar surface area (TPSA) is 173 Å². The number of carbonyl (C=O) groups excluding carboxylic acids is 1. The predicted molar refractivity (Wildman–Crippen MR) is 164 cm³/mol. The quantitative estimate of drug-likeness (QED) is 0.213. The summed E-state index contributed by atoms with van der Waals surface area (Å²) in [5.41, 5.74) is 3.40. The van der Waals surface area contributed by atoms with Gasteiger partial charge in [0, 0.05) is 17.8 Å². The van der Waals surface area contributed by atoms with E-state index in [0.717, 1.165) is 16.7 Å². The van der Waals surface area contributed by atoms with Crippen LogP contribution in [0.5, 0.6) is 0 Å². The SMILES string of the molecule is CN(C)Cc1ccccc1-c1ccc(NC(=O)n2c(=O)[nH]c3c(C(F)(F)F)nn(-c4cccc(-c5nnc(N)[nH]5)c4)c3c2=O)cc1. The number of nitrogens with two attached hydrogens (primary N) is 1. The summed E-state index contributed by atoms with van der Waals surface area (Å²) in [6.45, 7) is 0.703. The molecule has 234 valence electrons. The third kappa shape index (κ3) is 5.63. The maximum Gasteiger partial charge on any atom is 0.437 e. The number of rotatable bonds is 6. The normalized spacial score (nSPS) is 11.8. The molecule has 3 aromatic carbocycles. The van der Waals surface area contributed by atoms with E-state index in [4.69, 9.17) is 5.73 Å². The number of nitrogen functional groups attached to an aromatic ring is 1. The van der Waals surface area contributed by atoms with Crippen LogP contribution in [0.15, 0.2) is 82.4 Å². The van der Waals surface area contributed by atoms with Crippen LogP contribution in [-0.4, -0.2) is 59.5 Å². The van der Waals surface area contributed by atoms with E-state index in [9.17, 15) is 27.6 Å². The summed E-state index contributed by atoms with van der Waals surface area (Å²) in [5.74, 6) is 0.226. The molecule has 0 bridgehead atoms. The van der Waals surface area contributed by atoms with Gasteiger partial charge >= 0.3 is 17.9 Å². The van der Waals surface area contributed by atoms with Crippen molar-refractivity contribution in [3.05, 3.63) is 105 Å². The summed E-state index contributed by atoms with van der Waals surface area (Å²) in [6, 6.07) is 19.2. The van der Waals surface area contributed by atoms with Gasteiger partial charge in [0.25, 0.3) is 5.56 Å². The first kappa shape index (κ1) is 30.0. The molecule has 6 aromatic rings. The molecule has 5 N–H and O–H groups in total. The van der Waals surface area contributed by atoms with Gasteiger partial charge in [-0.15, -0.1) is 10.2 Å². The predicted octanol–water partition coefficient (Wildman–Crippen LogP) is 4.07.